The Morgan fingerprint density at radius 3 is 1.86 bits per heavy atom. The summed E-state index contributed by atoms with van der Waals surface area (Å²) < 4.78 is 10.3. The monoisotopic (exact) mass is 362 g/mol. The molecule has 0 saturated heterocycles. The number of ether oxygens (including phenoxy) is 2. The van der Waals surface area contributed by atoms with E-state index >= 15 is 0 Å². The highest BCUT2D eigenvalue weighted by Crippen LogP contribution is 2.25. The number of halogens is 1. The van der Waals surface area contributed by atoms with Crippen LogP contribution in [0.1, 0.15) is 20.7 Å². The van der Waals surface area contributed by atoms with Crippen molar-refractivity contribution < 1.29 is 19.1 Å². The summed E-state index contributed by atoms with van der Waals surface area (Å²) in [5.74, 6) is 0.363. The minimum Gasteiger partial charge on any atom is -0.497 e. The smallest absolute Gasteiger partial charge is 0.184 e. The highest BCUT2D eigenvalue weighted by atomic mass is 79.9. The maximum atomic E-state index is 12.5. The van der Waals surface area contributed by atoms with Crippen molar-refractivity contribution in [2.24, 2.45) is 0 Å². The summed E-state index contributed by atoms with van der Waals surface area (Å²) in [4.78, 5) is 23.9. The molecular weight excluding hydrogens is 348 g/mol. The van der Waals surface area contributed by atoms with Gasteiger partial charge in [0.15, 0.2) is 11.6 Å². The minimum atomic E-state index is -0.952. The largest absolute Gasteiger partial charge is 0.497 e. The number of carbonyl (C=O) groups is 2. The lowest BCUT2D eigenvalue weighted by Gasteiger charge is -2.11. The first kappa shape index (κ1) is 16.2. The third-order valence-corrected chi connectivity index (χ3v) is 3.99. The van der Waals surface area contributed by atoms with Gasteiger partial charge in [-0.25, -0.2) is 0 Å². The zero-order valence-electron chi connectivity index (χ0n) is 12.2. The van der Waals surface area contributed by atoms with Crippen molar-refractivity contribution in [3.05, 3.63) is 59.7 Å². The molecule has 0 saturated carbocycles. The molecule has 0 bridgehead atoms. The Balaban J connectivity index is 2.29. The number of carbonyl (C=O) groups excluding carboxylic acids is 2. The van der Waals surface area contributed by atoms with Gasteiger partial charge in [0.1, 0.15) is 16.3 Å². The molecule has 2 aromatic carbocycles. The van der Waals surface area contributed by atoms with E-state index in [1.165, 1.54) is 14.2 Å². The first-order valence-corrected chi connectivity index (χ1v) is 7.49. The Morgan fingerprint density at radius 2 is 1.36 bits per heavy atom. The number of rotatable bonds is 6. The standard InChI is InChI=1S/C17H15BrO4/c1-21-13-8-12(9-14(10-13)22-2)17(20)15(18)16(19)11-6-4-3-5-7-11/h3-10,15H,1-2H3. The second-order valence-electron chi connectivity index (χ2n) is 4.56. The van der Waals surface area contributed by atoms with Crippen LogP contribution in [0.5, 0.6) is 11.5 Å². The van der Waals surface area contributed by atoms with E-state index in [0.29, 0.717) is 22.6 Å². The van der Waals surface area contributed by atoms with Crippen LogP contribution in [0.3, 0.4) is 0 Å². The molecule has 0 fully saturated rings. The van der Waals surface area contributed by atoms with Crippen LogP contribution < -0.4 is 9.47 Å². The number of alkyl halides is 1. The van der Waals surface area contributed by atoms with Crippen LogP contribution in [0, 0.1) is 0 Å². The van der Waals surface area contributed by atoms with Gasteiger partial charge < -0.3 is 9.47 Å². The molecule has 0 aliphatic heterocycles. The summed E-state index contributed by atoms with van der Waals surface area (Å²) in [5.41, 5.74) is 0.829. The molecule has 1 unspecified atom stereocenters. The molecule has 22 heavy (non-hydrogen) atoms. The van der Waals surface area contributed by atoms with E-state index in [-0.39, 0.29) is 11.6 Å². The fourth-order valence-electron chi connectivity index (χ4n) is 1.96. The molecule has 4 nitrogen and oxygen atoms in total. The molecule has 0 spiro atoms. The summed E-state index contributed by atoms with van der Waals surface area (Å²) in [7, 11) is 3.01. The summed E-state index contributed by atoms with van der Waals surface area (Å²) in [6.07, 6.45) is 0. The molecule has 2 rings (SSSR count). The van der Waals surface area contributed by atoms with Crippen LogP contribution in [0.25, 0.3) is 0 Å². The molecule has 0 aliphatic carbocycles. The third kappa shape index (κ3) is 3.54. The van der Waals surface area contributed by atoms with Gasteiger partial charge in [-0.2, -0.15) is 0 Å². The Kier molecular flexibility index (Phi) is 5.33. The van der Waals surface area contributed by atoms with E-state index in [9.17, 15) is 9.59 Å². The van der Waals surface area contributed by atoms with Gasteiger partial charge in [-0.3, -0.25) is 9.59 Å². The fraction of sp³-hybridized carbons (Fsp3) is 0.176. The number of ketones is 2. The lowest BCUT2D eigenvalue weighted by atomic mass is 10.0. The molecule has 0 aliphatic rings. The highest BCUT2D eigenvalue weighted by molar-refractivity contribution is 9.10. The van der Waals surface area contributed by atoms with Crippen molar-refractivity contribution in [2.45, 2.75) is 4.83 Å². The van der Waals surface area contributed by atoms with Crippen molar-refractivity contribution >= 4 is 27.5 Å². The first-order chi connectivity index (χ1) is 10.6. The lowest BCUT2D eigenvalue weighted by Crippen LogP contribution is -2.24. The molecule has 0 N–H and O–H groups in total. The van der Waals surface area contributed by atoms with Gasteiger partial charge in [-0.05, 0) is 12.1 Å². The lowest BCUT2D eigenvalue weighted by molar-refractivity contribution is 0.0906. The van der Waals surface area contributed by atoms with Crippen LogP contribution in [-0.4, -0.2) is 30.6 Å². The number of benzene rings is 2. The Morgan fingerprint density at radius 1 is 0.864 bits per heavy atom. The zero-order valence-corrected chi connectivity index (χ0v) is 13.8. The average molecular weight is 363 g/mol. The quantitative estimate of drug-likeness (QED) is 0.448. The van der Waals surface area contributed by atoms with Crippen LogP contribution in [-0.2, 0) is 0 Å². The molecule has 0 aromatic heterocycles. The maximum absolute atomic E-state index is 12.5. The molecule has 5 heteroatoms. The van der Waals surface area contributed by atoms with Crippen LogP contribution in [0.4, 0.5) is 0 Å². The summed E-state index contributed by atoms with van der Waals surface area (Å²) in [6.45, 7) is 0. The molecular formula is C17H15BrO4. The Hall–Kier alpha value is -2.14. The zero-order chi connectivity index (χ0) is 16.1. The summed E-state index contributed by atoms with van der Waals surface area (Å²) in [6, 6.07) is 13.5. The van der Waals surface area contributed by atoms with E-state index in [4.69, 9.17) is 9.47 Å². The Bertz CT molecular complexity index is 660. The van der Waals surface area contributed by atoms with Crippen LogP contribution in [0.15, 0.2) is 48.5 Å². The van der Waals surface area contributed by atoms with Crippen molar-refractivity contribution in [1.29, 1.82) is 0 Å². The van der Waals surface area contributed by atoms with E-state index in [2.05, 4.69) is 15.9 Å². The van der Waals surface area contributed by atoms with Gasteiger partial charge >= 0.3 is 0 Å². The van der Waals surface area contributed by atoms with Crippen LogP contribution >= 0.6 is 15.9 Å². The van der Waals surface area contributed by atoms with E-state index in [1.807, 2.05) is 6.07 Å². The van der Waals surface area contributed by atoms with Gasteiger partial charge in [0, 0.05) is 17.2 Å². The maximum Gasteiger partial charge on any atom is 0.184 e. The van der Waals surface area contributed by atoms with E-state index in [0.717, 1.165) is 0 Å². The van der Waals surface area contributed by atoms with Crippen molar-refractivity contribution in [3.63, 3.8) is 0 Å². The average Bonchev–Trinajstić information content (AvgIpc) is 2.59. The molecule has 0 radical (unpaired) electrons. The molecule has 114 valence electrons. The highest BCUT2D eigenvalue weighted by Gasteiger charge is 2.26. The van der Waals surface area contributed by atoms with Gasteiger partial charge in [0.05, 0.1) is 14.2 Å². The van der Waals surface area contributed by atoms with Crippen molar-refractivity contribution in [1.82, 2.24) is 0 Å². The Labute approximate surface area is 137 Å². The molecule has 2 aromatic rings. The first-order valence-electron chi connectivity index (χ1n) is 6.57. The third-order valence-electron chi connectivity index (χ3n) is 3.15. The van der Waals surface area contributed by atoms with Gasteiger partial charge in [0.2, 0.25) is 0 Å². The number of hydrogen-bond donors (Lipinski definition) is 0. The number of Topliss-reactive ketones (excluding diaryl/α,β-unsaturated/α-hetero) is 2. The molecule has 0 amide bonds. The normalized spacial score (nSPS) is 11.6. The van der Waals surface area contributed by atoms with E-state index in [1.54, 1.807) is 42.5 Å². The number of methoxy groups -OCH3 is 2. The predicted molar refractivity (Wildman–Crippen MR) is 87.4 cm³/mol. The fourth-order valence-corrected chi connectivity index (χ4v) is 2.49. The molecule has 1 atom stereocenters. The summed E-state index contributed by atoms with van der Waals surface area (Å²) >= 11 is 3.19. The van der Waals surface area contributed by atoms with Gasteiger partial charge in [-0.1, -0.05) is 46.3 Å². The SMILES string of the molecule is COc1cc(OC)cc(C(=O)C(Br)C(=O)c2ccccc2)c1. The van der Waals surface area contributed by atoms with Crippen molar-refractivity contribution in [3.8, 4) is 11.5 Å². The minimum absolute atomic E-state index is 0.285. The predicted octanol–water partition coefficient (Wildman–Crippen LogP) is 3.53. The van der Waals surface area contributed by atoms with Gasteiger partial charge in [0.25, 0.3) is 0 Å². The molecule has 0 heterocycles. The summed E-state index contributed by atoms with van der Waals surface area (Å²) in [5, 5.41) is 0. The topological polar surface area (TPSA) is 52.6 Å². The van der Waals surface area contributed by atoms with Crippen LogP contribution in [0.2, 0.25) is 0 Å². The van der Waals surface area contributed by atoms with Gasteiger partial charge in [-0.15, -0.1) is 0 Å². The second kappa shape index (κ2) is 7.22. The second-order valence-corrected chi connectivity index (χ2v) is 5.47. The number of hydrogen-bond acceptors (Lipinski definition) is 4. The van der Waals surface area contributed by atoms with Crippen molar-refractivity contribution in [2.75, 3.05) is 14.2 Å². The van der Waals surface area contributed by atoms with E-state index < -0.39 is 4.83 Å².